The van der Waals surface area contributed by atoms with Gasteiger partial charge in [0.25, 0.3) is 0 Å². The zero-order valence-corrected chi connectivity index (χ0v) is 11.9. The molecule has 0 aromatic heterocycles. The predicted molar refractivity (Wildman–Crippen MR) is 80.6 cm³/mol. The number of rotatable bonds is 3. The minimum absolute atomic E-state index is 0.149. The number of benzene rings is 1. The van der Waals surface area contributed by atoms with Gasteiger partial charge in [-0.05, 0) is 55.4 Å². The maximum atomic E-state index is 12.5. The standard InChI is InChI=1S/C17H19NO3/c19-16(10-12-4-1-2-5-12)18-9-3-6-13-11-14(17(20)21)7-8-15(13)18/h1,4,7-8,11-12H,2-3,5-6,9-10H2,(H,20,21). The summed E-state index contributed by atoms with van der Waals surface area (Å²) in [5.41, 5.74) is 2.15. The zero-order valence-electron chi connectivity index (χ0n) is 11.9. The molecule has 1 aromatic carbocycles. The van der Waals surface area contributed by atoms with Gasteiger partial charge in [-0.15, -0.1) is 0 Å². The Kier molecular flexibility index (Phi) is 3.78. The molecule has 0 saturated heterocycles. The Labute approximate surface area is 124 Å². The van der Waals surface area contributed by atoms with Crippen LogP contribution in [0.15, 0.2) is 30.4 Å². The third-order valence-corrected chi connectivity index (χ3v) is 4.30. The molecule has 1 amide bonds. The summed E-state index contributed by atoms with van der Waals surface area (Å²) in [6.45, 7) is 0.731. The van der Waals surface area contributed by atoms with Crippen molar-refractivity contribution in [2.75, 3.05) is 11.4 Å². The minimum Gasteiger partial charge on any atom is -0.478 e. The van der Waals surface area contributed by atoms with Gasteiger partial charge in [-0.2, -0.15) is 0 Å². The number of nitrogens with zero attached hydrogens (tertiary/aromatic N) is 1. The molecule has 1 atom stereocenters. The van der Waals surface area contributed by atoms with Crippen molar-refractivity contribution < 1.29 is 14.7 Å². The van der Waals surface area contributed by atoms with Crippen LogP contribution in [0.25, 0.3) is 0 Å². The van der Waals surface area contributed by atoms with Gasteiger partial charge in [-0.1, -0.05) is 12.2 Å². The van der Waals surface area contributed by atoms with E-state index in [1.807, 2.05) is 4.90 Å². The monoisotopic (exact) mass is 285 g/mol. The summed E-state index contributed by atoms with van der Waals surface area (Å²) in [6, 6.07) is 5.06. The van der Waals surface area contributed by atoms with E-state index in [0.29, 0.717) is 17.9 Å². The third kappa shape index (κ3) is 2.84. The van der Waals surface area contributed by atoms with Crippen molar-refractivity contribution in [3.05, 3.63) is 41.5 Å². The molecule has 21 heavy (non-hydrogen) atoms. The lowest BCUT2D eigenvalue weighted by atomic mass is 9.97. The lowest BCUT2D eigenvalue weighted by Gasteiger charge is -2.30. The molecule has 4 nitrogen and oxygen atoms in total. The number of carboxylic acids is 1. The average Bonchev–Trinajstić information content (AvgIpc) is 2.98. The Bertz CT molecular complexity index is 606. The van der Waals surface area contributed by atoms with Crippen molar-refractivity contribution in [2.45, 2.75) is 32.1 Å². The van der Waals surface area contributed by atoms with Crippen LogP contribution in [0.4, 0.5) is 5.69 Å². The maximum absolute atomic E-state index is 12.5. The van der Waals surface area contributed by atoms with Gasteiger partial charge in [-0.3, -0.25) is 4.79 Å². The Morgan fingerprint density at radius 3 is 2.90 bits per heavy atom. The fraction of sp³-hybridized carbons (Fsp3) is 0.412. The second-order valence-electron chi connectivity index (χ2n) is 5.77. The fourth-order valence-electron chi connectivity index (χ4n) is 3.19. The van der Waals surface area contributed by atoms with Crippen molar-refractivity contribution in [3.63, 3.8) is 0 Å². The van der Waals surface area contributed by atoms with Crippen molar-refractivity contribution >= 4 is 17.6 Å². The molecular weight excluding hydrogens is 266 g/mol. The van der Waals surface area contributed by atoms with E-state index in [0.717, 1.165) is 43.5 Å². The molecule has 1 heterocycles. The highest BCUT2D eigenvalue weighted by molar-refractivity contribution is 5.96. The SMILES string of the molecule is O=C(O)c1ccc2c(c1)CCCN2C(=O)CC1C=CCC1. The molecule has 2 aliphatic rings. The first-order valence-corrected chi connectivity index (χ1v) is 7.48. The van der Waals surface area contributed by atoms with Crippen LogP contribution in [0.1, 0.15) is 41.6 Å². The number of hydrogen-bond acceptors (Lipinski definition) is 2. The third-order valence-electron chi connectivity index (χ3n) is 4.30. The number of carboxylic acid groups (broad SMARTS) is 1. The molecule has 1 unspecified atom stereocenters. The Balaban J connectivity index is 1.81. The van der Waals surface area contributed by atoms with Gasteiger partial charge in [0.2, 0.25) is 5.91 Å². The summed E-state index contributed by atoms with van der Waals surface area (Å²) < 4.78 is 0. The van der Waals surface area contributed by atoms with E-state index in [1.165, 1.54) is 0 Å². The first-order chi connectivity index (χ1) is 10.1. The summed E-state index contributed by atoms with van der Waals surface area (Å²) in [4.78, 5) is 25.4. The molecule has 110 valence electrons. The van der Waals surface area contributed by atoms with Crippen LogP contribution in [0.3, 0.4) is 0 Å². The molecule has 1 aliphatic carbocycles. The van der Waals surface area contributed by atoms with Crippen LogP contribution in [0.2, 0.25) is 0 Å². The Morgan fingerprint density at radius 1 is 1.33 bits per heavy atom. The topological polar surface area (TPSA) is 57.6 Å². The first-order valence-electron chi connectivity index (χ1n) is 7.48. The quantitative estimate of drug-likeness (QED) is 0.868. The fourth-order valence-corrected chi connectivity index (χ4v) is 3.19. The van der Waals surface area contributed by atoms with Crippen molar-refractivity contribution in [1.82, 2.24) is 0 Å². The van der Waals surface area contributed by atoms with E-state index in [9.17, 15) is 9.59 Å². The summed E-state index contributed by atoms with van der Waals surface area (Å²) >= 11 is 0. The van der Waals surface area contributed by atoms with Crippen LogP contribution < -0.4 is 4.90 Å². The summed E-state index contributed by atoms with van der Waals surface area (Å²) in [5, 5.41) is 9.06. The number of carbonyl (C=O) groups excluding carboxylic acids is 1. The van der Waals surface area contributed by atoms with Gasteiger partial charge in [0, 0.05) is 18.7 Å². The lowest BCUT2D eigenvalue weighted by molar-refractivity contribution is -0.119. The number of anilines is 1. The molecule has 4 heteroatoms. The molecular formula is C17H19NO3. The number of amides is 1. The van der Waals surface area contributed by atoms with E-state index >= 15 is 0 Å². The largest absolute Gasteiger partial charge is 0.478 e. The number of aromatic carboxylic acids is 1. The minimum atomic E-state index is -0.919. The van der Waals surface area contributed by atoms with Crippen molar-refractivity contribution in [3.8, 4) is 0 Å². The molecule has 0 radical (unpaired) electrons. The van der Waals surface area contributed by atoms with Crippen molar-refractivity contribution in [2.24, 2.45) is 5.92 Å². The van der Waals surface area contributed by atoms with Gasteiger partial charge in [-0.25, -0.2) is 4.79 Å². The number of aryl methyl sites for hydroxylation is 1. The second-order valence-corrected chi connectivity index (χ2v) is 5.77. The van der Waals surface area contributed by atoms with Gasteiger partial charge in [0.05, 0.1) is 5.56 Å². The van der Waals surface area contributed by atoms with E-state index in [4.69, 9.17) is 5.11 Å². The van der Waals surface area contributed by atoms with Gasteiger partial charge >= 0.3 is 5.97 Å². The van der Waals surface area contributed by atoms with Crippen LogP contribution in [-0.4, -0.2) is 23.5 Å². The van der Waals surface area contributed by atoms with E-state index < -0.39 is 5.97 Å². The smallest absolute Gasteiger partial charge is 0.335 e. The number of carbonyl (C=O) groups is 2. The van der Waals surface area contributed by atoms with Crippen LogP contribution >= 0.6 is 0 Å². The molecule has 1 aliphatic heterocycles. The molecule has 3 rings (SSSR count). The highest BCUT2D eigenvalue weighted by Crippen LogP contribution is 2.30. The highest BCUT2D eigenvalue weighted by atomic mass is 16.4. The normalized spacial score (nSPS) is 20.4. The van der Waals surface area contributed by atoms with Crippen LogP contribution in [0, 0.1) is 5.92 Å². The number of allylic oxidation sites excluding steroid dienone is 2. The molecule has 1 aromatic rings. The Hall–Kier alpha value is -2.10. The maximum Gasteiger partial charge on any atom is 0.335 e. The average molecular weight is 285 g/mol. The van der Waals surface area contributed by atoms with Crippen LogP contribution in [-0.2, 0) is 11.2 Å². The van der Waals surface area contributed by atoms with Crippen molar-refractivity contribution in [1.29, 1.82) is 0 Å². The molecule has 0 saturated carbocycles. The highest BCUT2D eigenvalue weighted by Gasteiger charge is 2.25. The van der Waals surface area contributed by atoms with Crippen LogP contribution in [0.5, 0.6) is 0 Å². The number of hydrogen-bond donors (Lipinski definition) is 1. The summed E-state index contributed by atoms with van der Waals surface area (Å²) in [5.74, 6) is -0.408. The van der Waals surface area contributed by atoms with Gasteiger partial charge < -0.3 is 10.0 Å². The molecule has 0 spiro atoms. The van der Waals surface area contributed by atoms with E-state index in [1.54, 1.807) is 18.2 Å². The second kappa shape index (κ2) is 5.72. The van der Waals surface area contributed by atoms with E-state index in [2.05, 4.69) is 12.2 Å². The first kappa shape index (κ1) is 13.9. The lowest BCUT2D eigenvalue weighted by Crippen LogP contribution is -2.36. The summed E-state index contributed by atoms with van der Waals surface area (Å²) in [7, 11) is 0. The molecule has 1 N–H and O–H groups in total. The number of fused-ring (bicyclic) bond motifs is 1. The summed E-state index contributed by atoms with van der Waals surface area (Å²) in [6.07, 6.45) is 8.68. The predicted octanol–water partition coefficient (Wildman–Crippen LogP) is 3.02. The Morgan fingerprint density at radius 2 is 2.19 bits per heavy atom. The molecule has 0 bridgehead atoms. The van der Waals surface area contributed by atoms with Gasteiger partial charge in [0.15, 0.2) is 0 Å². The van der Waals surface area contributed by atoms with Gasteiger partial charge in [0.1, 0.15) is 0 Å². The van der Waals surface area contributed by atoms with E-state index in [-0.39, 0.29) is 5.91 Å². The molecule has 0 fully saturated rings. The zero-order chi connectivity index (χ0) is 14.8.